The number of rotatable bonds is 8. The van der Waals surface area contributed by atoms with Gasteiger partial charge in [0.15, 0.2) is 0 Å². The number of ether oxygens (including phenoxy) is 1. The van der Waals surface area contributed by atoms with Gasteiger partial charge in [0.05, 0.1) is 17.6 Å². The van der Waals surface area contributed by atoms with E-state index in [2.05, 4.69) is 19.2 Å². The van der Waals surface area contributed by atoms with Crippen molar-refractivity contribution in [2.24, 2.45) is 5.92 Å². The van der Waals surface area contributed by atoms with Crippen LogP contribution in [0.25, 0.3) is 0 Å². The predicted molar refractivity (Wildman–Crippen MR) is 76.8 cm³/mol. The summed E-state index contributed by atoms with van der Waals surface area (Å²) in [7, 11) is 0. The zero-order valence-electron chi connectivity index (χ0n) is 11.8. The second-order valence-electron chi connectivity index (χ2n) is 4.87. The zero-order valence-corrected chi connectivity index (χ0v) is 11.8. The molecular formula is C14H22N2O3. The molecule has 106 valence electrons. The molecule has 0 bridgehead atoms. The molecule has 5 nitrogen and oxygen atoms in total. The van der Waals surface area contributed by atoms with Gasteiger partial charge in [-0.05, 0) is 25.7 Å². The number of nitrogens with one attached hydrogen (secondary N) is 1. The Balaban J connectivity index is 2.67. The van der Waals surface area contributed by atoms with Crippen molar-refractivity contribution in [3.05, 3.63) is 28.3 Å². The van der Waals surface area contributed by atoms with Crippen LogP contribution >= 0.6 is 0 Å². The summed E-state index contributed by atoms with van der Waals surface area (Å²) >= 11 is 0. The minimum Gasteiger partial charge on any atom is -0.494 e. The lowest BCUT2D eigenvalue weighted by Crippen LogP contribution is -2.04. The molecule has 0 heterocycles. The monoisotopic (exact) mass is 266 g/mol. The number of nitrogens with zero attached hydrogens (tertiary/aromatic N) is 1. The van der Waals surface area contributed by atoms with Gasteiger partial charge in [-0.1, -0.05) is 13.8 Å². The van der Waals surface area contributed by atoms with E-state index in [1.54, 1.807) is 6.07 Å². The van der Waals surface area contributed by atoms with Gasteiger partial charge in [-0.25, -0.2) is 0 Å². The van der Waals surface area contributed by atoms with Gasteiger partial charge in [-0.3, -0.25) is 10.1 Å². The minimum atomic E-state index is -0.401. The van der Waals surface area contributed by atoms with Crippen LogP contribution in [0.1, 0.15) is 33.6 Å². The number of nitro groups is 1. The Kier molecular flexibility index (Phi) is 6.12. The van der Waals surface area contributed by atoms with Crippen LogP contribution in [0.15, 0.2) is 18.2 Å². The van der Waals surface area contributed by atoms with E-state index in [1.165, 1.54) is 12.1 Å². The number of anilines is 1. The average molecular weight is 266 g/mol. The van der Waals surface area contributed by atoms with Gasteiger partial charge in [0.1, 0.15) is 5.75 Å². The fraction of sp³-hybridized carbons (Fsp3) is 0.571. The van der Waals surface area contributed by atoms with Gasteiger partial charge >= 0.3 is 0 Å². The molecule has 1 rings (SSSR count). The predicted octanol–water partition coefficient (Wildman–Crippen LogP) is 3.84. The molecule has 0 spiro atoms. The van der Waals surface area contributed by atoms with Crippen LogP contribution in [0.2, 0.25) is 0 Å². The van der Waals surface area contributed by atoms with Crippen molar-refractivity contribution in [1.29, 1.82) is 0 Å². The van der Waals surface area contributed by atoms with E-state index in [9.17, 15) is 10.1 Å². The molecule has 0 radical (unpaired) electrons. The van der Waals surface area contributed by atoms with E-state index in [0.29, 0.717) is 18.3 Å². The van der Waals surface area contributed by atoms with Crippen molar-refractivity contribution < 1.29 is 9.66 Å². The summed E-state index contributed by atoms with van der Waals surface area (Å²) in [4.78, 5) is 10.5. The molecular weight excluding hydrogens is 244 g/mol. The van der Waals surface area contributed by atoms with Crippen LogP contribution in [0.4, 0.5) is 11.4 Å². The molecule has 1 aromatic rings. The van der Waals surface area contributed by atoms with Gasteiger partial charge in [-0.15, -0.1) is 0 Å². The summed E-state index contributed by atoms with van der Waals surface area (Å²) in [6.45, 7) is 7.52. The molecule has 1 aromatic carbocycles. The first kappa shape index (κ1) is 15.3. The molecule has 1 N–H and O–H groups in total. The summed E-state index contributed by atoms with van der Waals surface area (Å²) in [5.41, 5.74) is 0.790. The maximum atomic E-state index is 10.9. The highest BCUT2D eigenvalue weighted by Gasteiger charge is 2.10. The topological polar surface area (TPSA) is 64.4 Å². The quantitative estimate of drug-likeness (QED) is 0.441. The first-order valence-corrected chi connectivity index (χ1v) is 6.69. The highest BCUT2D eigenvalue weighted by Crippen LogP contribution is 2.26. The Morgan fingerprint density at radius 1 is 1.37 bits per heavy atom. The number of hydrogen-bond acceptors (Lipinski definition) is 4. The molecule has 0 fully saturated rings. The molecule has 5 heteroatoms. The second-order valence-corrected chi connectivity index (χ2v) is 4.87. The summed E-state index contributed by atoms with van der Waals surface area (Å²) in [5, 5.41) is 14.1. The van der Waals surface area contributed by atoms with Gasteiger partial charge in [0.25, 0.3) is 5.69 Å². The summed E-state index contributed by atoms with van der Waals surface area (Å²) < 4.78 is 5.34. The lowest BCUT2D eigenvalue weighted by molar-refractivity contribution is -0.384. The van der Waals surface area contributed by atoms with Crippen LogP contribution in [0.5, 0.6) is 5.75 Å². The normalized spacial score (nSPS) is 10.5. The first-order chi connectivity index (χ1) is 9.02. The Morgan fingerprint density at radius 3 is 2.68 bits per heavy atom. The lowest BCUT2D eigenvalue weighted by atomic mass is 10.1. The molecule has 0 atom stereocenters. The minimum absolute atomic E-state index is 0.0531. The van der Waals surface area contributed by atoms with Gasteiger partial charge < -0.3 is 10.1 Å². The van der Waals surface area contributed by atoms with Gasteiger partial charge in [0.2, 0.25) is 0 Å². The summed E-state index contributed by atoms with van der Waals surface area (Å²) in [6, 6.07) is 4.78. The van der Waals surface area contributed by atoms with Crippen molar-refractivity contribution in [3.63, 3.8) is 0 Å². The van der Waals surface area contributed by atoms with E-state index in [0.717, 1.165) is 25.1 Å². The van der Waals surface area contributed by atoms with Crippen LogP contribution in [0.3, 0.4) is 0 Å². The molecule has 0 saturated heterocycles. The third-order valence-corrected chi connectivity index (χ3v) is 2.70. The number of benzene rings is 1. The Morgan fingerprint density at radius 2 is 2.11 bits per heavy atom. The smallest absolute Gasteiger partial charge is 0.275 e. The molecule has 19 heavy (non-hydrogen) atoms. The Bertz CT molecular complexity index is 419. The molecule has 0 aromatic heterocycles. The van der Waals surface area contributed by atoms with E-state index in [-0.39, 0.29) is 5.69 Å². The van der Waals surface area contributed by atoms with Crippen molar-refractivity contribution >= 4 is 11.4 Å². The summed E-state index contributed by atoms with van der Waals surface area (Å²) in [6.07, 6.45) is 2.19. The lowest BCUT2D eigenvalue weighted by Gasteiger charge is -2.10. The van der Waals surface area contributed by atoms with Gasteiger partial charge in [-0.2, -0.15) is 0 Å². The standard InChI is InChI=1S/C14H22N2O3/c1-4-19-14-9-12(8-13(10-14)16(17)18)15-7-5-6-11(2)3/h8-11,15H,4-7H2,1-3H3. The fourth-order valence-corrected chi connectivity index (χ4v) is 1.78. The molecule has 0 aliphatic heterocycles. The first-order valence-electron chi connectivity index (χ1n) is 6.69. The Labute approximate surface area is 114 Å². The highest BCUT2D eigenvalue weighted by atomic mass is 16.6. The molecule has 0 aliphatic carbocycles. The molecule has 0 aliphatic rings. The van der Waals surface area contributed by atoms with Crippen molar-refractivity contribution in [1.82, 2.24) is 0 Å². The molecule has 0 saturated carbocycles. The van der Waals surface area contributed by atoms with Crippen LogP contribution < -0.4 is 10.1 Å². The Hall–Kier alpha value is -1.78. The molecule has 0 unspecified atom stereocenters. The van der Waals surface area contributed by atoms with E-state index >= 15 is 0 Å². The largest absolute Gasteiger partial charge is 0.494 e. The molecule has 0 amide bonds. The second kappa shape index (κ2) is 7.61. The van der Waals surface area contributed by atoms with Crippen molar-refractivity contribution in [3.8, 4) is 5.75 Å². The summed E-state index contributed by atoms with van der Waals surface area (Å²) in [5.74, 6) is 1.20. The van der Waals surface area contributed by atoms with Crippen LogP contribution in [0, 0.1) is 16.0 Å². The fourth-order valence-electron chi connectivity index (χ4n) is 1.78. The van der Waals surface area contributed by atoms with Crippen LogP contribution in [-0.2, 0) is 0 Å². The maximum absolute atomic E-state index is 10.9. The van der Waals surface area contributed by atoms with E-state index in [4.69, 9.17) is 4.74 Å². The number of nitro benzene ring substituents is 1. The maximum Gasteiger partial charge on any atom is 0.275 e. The SMILES string of the molecule is CCOc1cc(NCCCC(C)C)cc([N+](=O)[O-])c1. The number of non-ortho nitro benzene ring substituents is 1. The van der Waals surface area contributed by atoms with Gasteiger partial charge in [0, 0.05) is 24.4 Å². The third kappa shape index (κ3) is 5.59. The van der Waals surface area contributed by atoms with Crippen molar-refractivity contribution in [2.75, 3.05) is 18.5 Å². The highest BCUT2D eigenvalue weighted by molar-refractivity contribution is 5.56. The number of hydrogen-bond donors (Lipinski definition) is 1. The van der Waals surface area contributed by atoms with E-state index in [1.807, 2.05) is 6.92 Å². The zero-order chi connectivity index (χ0) is 14.3. The van der Waals surface area contributed by atoms with E-state index < -0.39 is 4.92 Å². The van der Waals surface area contributed by atoms with Crippen LogP contribution in [-0.4, -0.2) is 18.1 Å². The van der Waals surface area contributed by atoms with Crippen molar-refractivity contribution in [2.45, 2.75) is 33.6 Å². The average Bonchev–Trinajstić information content (AvgIpc) is 2.34. The third-order valence-electron chi connectivity index (χ3n) is 2.70.